The lowest BCUT2D eigenvalue weighted by Gasteiger charge is -2.32. The molecule has 0 amide bonds. The smallest absolute Gasteiger partial charge is 0.306 e. The number of nitrogens with one attached hydrogen (secondary N) is 1. The molecule has 0 radical (unpaired) electrons. The Balaban J connectivity index is 1.57. The Labute approximate surface area is 210 Å². The summed E-state index contributed by atoms with van der Waals surface area (Å²) in [6, 6.07) is 3.50. The van der Waals surface area contributed by atoms with Crippen LogP contribution >= 0.6 is 34.8 Å². The summed E-state index contributed by atoms with van der Waals surface area (Å²) in [4.78, 5) is 8.25. The maximum Gasteiger partial charge on any atom is 0.306 e. The van der Waals surface area contributed by atoms with E-state index in [2.05, 4.69) is 15.3 Å². The zero-order chi connectivity index (χ0) is 24.9. The minimum absolute atomic E-state index is 0.00979. The van der Waals surface area contributed by atoms with Gasteiger partial charge in [-0.1, -0.05) is 34.8 Å². The number of sulfonamides is 1. The third-order valence-electron chi connectivity index (χ3n) is 5.53. The van der Waals surface area contributed by atoms with Gasteiger partial charge in [0.15, 0.2) is 21.2 Å². The van der Waals surface area contributed by atoms with E-state index in [-0.39, 0.29) is 41.0 Å². The van der Waals surface area contributed by atoms with Gasteiger partial charge in [0.2, 0.25) is 0 Å². The van der Waals surface area contributed by atoms with Crippen LogP contribution in [-0.2, 0) is 19.9 Å². The molecule has 0 saturated carbocycles. The van der Waals surface area contributed by atoms with Crippen molar-refractivity contribution in [1.82, 2.24) is 14.3 Å². The highest BCUT2D eigenvalue weighted by molar-refractivity contribution is 7.95. The molecule has 0 bridgehead atoms. The van der Waals surface area contributed by atoms with Crippen LogP contribution in [0.15, 0.2) is 40.1 Å². The van der Waals surface area contributed by atoms with Gasteiger partial charge >= 0.3 is 3.12 Å². The second-order valence-electron chi connectivity index (χ2n) is 7.75. The standard InChI is InChI=1S/C19H18Cl3FN4O5S2/c1-33(28,29)12-2-3-15(14(23)8-12)26-18-17-16(24-10-25-18)13(9-32-17)11-4-6-27(7-5-11)34(30,31)19(20,21)22/h2-3,8-11H,4-7H2,1H3,(H,24,25,26). The van der Waals surface area contributed by atoms with Gasteiger partial charge < -0.3 is 9.73 Å². The van der Waals surface area contributed by atoms with Crippen LogP contribution in [0.25, 0.3) is 11.1 Å². The summed E-state index contributed by atoms with van der Waals surface area (Å²) in [5.41, 5.74) is 1.53. The second kappa shape index (κ2) is 9.07. The lowest BCUT2D eigenvalue weighted by Crippen LogP contribution is -2.43. The van der Waals surface area contributed by atoms with E-state index in [0.29, 0.717) is 18.4 Å². The number of anilines is 2. The molecule has 2 aromatic heterocycles. The van der Waals surface area contributed by atoms with Crippen molar-refractivity contribution in [3.63, 3.8) is 0 Å². The third kappa shape index (κ3) is 4.84. The average molecular weight is 572 g/mol. The summed E-state index contributed by atoms with van der Waals surface area (Å²) in [7, 11) is -7.65. The summed E-state index contributed by atoms with van der Waals surface area (Å²) < 4.78 is 66.8. The first-order valence-electron chi connectivity index (χ1n) is 9.84. The molecule has 0 spiro atoms. The molecule has 1 fully saturated rings. The van der Waals surface area contributed by atoms with Crippen molar-refractivity contribution in [3.8, 4) is 0 Å². The number of alkyl halides is 3. The van der Waals surface area contributed by atoms with E-state index < -0.39 is 28.8 Å². The van der Waals surface area contributed by atoms with Crippen LogP contribution in [0.1, 0.15) is 24.3 Å². The number of furan rings is 1. The molecule has 1 N–H and O–H groups in total. The fraction of sp³-hybridized carbons (Fsp3) is 0.368. The summed E-state index contributed by atoms with van der Waals surface area (Å²) in [5.74, 6) is -0.654. The molecule has 1 aliphatic rings. The van der Waals surface area contributed by atoms with Crippen molar-refractivity contribution in [2.45, 2.75) is 26.8 Å². The van der Waals surface area contributed by atoms with Gasteiger partial charge in [0.05, 0.1) is 16.8 Å². The lowest BCUT2D eigenvalue weighted by molar-refractivity contribution is 0.319. The van der Waals surface area contributed by atoms with Crippen molar-refractivity contribution in [3.05, 3.63) is 42.2 Å². The Morgan fingerprint density at radius 3 is 2.41 bits per heavy atom. The van der Waals surface area contributed by atoms with E-state index in [1.54, 1.807) is 0 Å². The SMILES string of the molecule is CS(=O)(=O)c1ccc(Nc2ncnc3c(C4CCN(S(=O)(=O)C(Cl)(Cl)Cl)CC4)coc23)c(F)c1. The van der Waals surface area contributed by atoms with Crippen molar-refractivity contribution < 1.29 is 25.6 Å². The first-order chi connectivity index (χ1) is 15.8. The zero-order valence-corrected chi connectivity index (χ0v) is 21.4. The van der Waals surface area contributed by atoms with Crippen LogP contribution in [0.5, 0.6) is 0 Å². The molecule has 9 nitrogen and oxygen atoms in total. The van der Waals surface area contributed by atoms with Crippen LogP contribution in [-0.4, -0.2) is 53.6 Å². The molecule has 1 aromatic carbocycles. The largest absolute Gasteiger partial charge is 0.458 e. The third-order valence-corrected chi connectivity index (χ3v) is 10.0. The molecule has 34 heavy (non-hydrogen) atoms. The van der Waals surface area contributed by atoms with Gasteiger partial charge in [0, 0.05) is 24.9 Å². The Kier molecular flexibility index (Phi) is 6.77. The number of rotatable bonds is 5. The first-order valence-corrected chi connectivity index (χ1v) is 14.3. The van der Waals surface area contributed by atoms with Gasteiger partial charge in [0.25, 0.3) is 10.0 Å². The molecule has 4 rings (SSSR count). The van der Waals surface area contributed by atoms with E-state index in [4.69, 9.17) is 39.2 Å². The highest BCUT2D eigenvalue weighted by Gasteiger charge is 2.44. The number of aromatic nitrogens is 2. The molecular formula is C19H18Cl3FN4O5S2. The highest BCUT2D eigenvalue weighted by atomic mass is 35.6. The van der Waals surface area contributed by atoms with Crippen molar-refractivity contribution in [2.24, 2.45) is 0 Å². The summed E-state index contributed by atoms with van der Waals surface area (Å²) in [6.07, 6.45) is 4.68. The Morgan fingerprint density at radius 1 is 1.15 bits per heavy atom. The monoisotopic (exact) mass is 570 g/mol. The fourth-order valence-corrected chi connectivity index (χ4v) is 6.25. The maximum absolute atomic E-state index is 14.5. The summed E-state index contributed by atoms with van der Waals surface area (Å²) in [5, 5.41) is 2.81. The van der Waals surface area contributed by atoms with E-state index in [0.717, 1.165) is 22.2 Å². The highest BCUT2D eigenvalue weighted by Crippen LogP contribution is 2.40. The van der Waals surface area contributed by atoms with Crippen molar-refractivity contribution in [1.29, 1.82) is 0 Å². The Hall–Kier alpha value is -1.70. The van der Waals surface area contributed by atoms with E-state index in [1.807, 2.05) is 0 Å². The number of nitrogens with zero attached hydrogens (tertiary/aromatic N) is 3. The summed E-state index contributed by atoms with van der Waals surface area (Å²) >= 11 is 16.8. The molecule has 15 heteroatoms. The molecular weight excluding hydrogens is 554 g/mol. The summed E-state index contributed by atoms with van der Waals surface area (Å²) in [6.45, 7) is 0.309. The van der Waals surface area contributed by atoms with Crippen molar-refractivity contribution in [2.75, 3.05) is 24.7 Å². The van der Waals surface area contributed by atoms with Crippen LogP contribution in [0.4, 0.5) is 15.9 Å². The lowest BCUT2D eigenvalue weighted by atomic mass is 9.91. The Morgan fingerprint density at radius 2 is 1.82 bits per heavy atom. The average Bonchev–Trinajstić information content (AvgIpc) is 3.19. The predicted molar refractivity (Wildman–Crippen MR) is 127 cm³/mol. The molecule has 1 saturated heterocycles. The van der Waals surface area contributed by atoms with Crippen LogP contribution in [0.2, 0.25) is 0 Å². The first kappa shape index (κ1) is 25.4. The van der Waals surface area contributed by atoms with Crippen molar-refractivity contribution >= 4 is 77.3 Å². The van der Waals surface area contributed by atoms with Crippen LogP contribution in [0, 0.1) is 5.82 Å². The zero-order valence-electron chi connectivity index (χ0n) is 17.5. The van der Waals surface area contributed by atoms with Gasteiger partial charge in [-0.15, -0.1) is 0 Å². The number of fused-ring (bicyclic) bond motifs is 1. The topological polar surface area (TPSA) is 122 Å². The molecule has 184 valence electrons. The van der Waals surface area contributed by atoms with E-state index in [1.165, 1.54) is 24.7 Å². The number of benzene rings is 1. The molecule has 3 heterocycles. The fourth-order valence-electron chi connectivity index (χ4n) is 3.76. The van der Waals surface area contributed by atoms with Crippen LogP contribution in [0.3, 0.4) is 0 Å². The molecule has 0 aliphatic carbocycles. The van der Waals surface area contributed by atoms with E-state index >= 15 is 0 Å². The molecule has 0 atom stereocenters. The number of sulfone groups is 1. The van der Waals surface area contributed by atoms with Gasteiger partial charge in [-0.2, -0.15) is 4.31 Å². The molecule has 0 unspecified atom stereocenters. The number of halogens is 4. The Bertz CT molecular complexity index is 1450. The van der Waals surface area contributed by atoms with E-state index in [9.17, 15) is 21.2 Å². The van der Waals surface area contributed by atoms with Gasteiger partial charge in [-0.05, 0) is 37.0 Å². The minimum Gasteiger partial charge on any atom is -0.458 e. The van der Waals surface area contributed by atoms with Gasteiger partial charge in [-0.25, -0.2) is 31.2 Å². The quantitative estimate of drug-likeness (QED) is 0.449. The minimum atomic E-state index is -4.09. The van der Waals surface area contributed by atoms with Gasteiger partial charge in [-0.3, -0.25) is 0 Å². The van der Waals surface area contributed by atoms with Gasteiger partial charge in [0.1, 0.15) is 17.7 Å². The predicted octanol–water partition coefficient (Wildman–Crippen LogP) is 4.35. The van der Waals surface area contributed by atoms with Crippen LogP contribution < -0.4 is 5.32 Å². The molecule has 3 aromatic rings. The maximum atomic E-state index is 14.5. The number of piperidine rings is 1. The molecule has 1 aliphatic heterocycles. The second-order valence-corrected chi connectivity index (χ2v) is 14.8. The normalized spacial score (nSPS) is 16.7. The number of hydrogen-bond acceptors (Lipinski definition) is 8. The number of hydrogen-bond donors (Lipinski definition) is 1.